The summed E-state index contributed by atoms with van der Waals surface area (Å²) in [7, 11) is 0. The average Bonchev–Trinajstić information content (AvgIpc) is 2.84. The van der Waals surface area contributed by atoms with Crippen molar-refractivity contribution >= 4 is 22.4 Å². The molecule has 0 atom stereocenters. The number of rotatable bonds is 5. The molecule has 1 aromatic heterocycles. The van der Waals surface area contributed by atoms with E-state index in [2.05, 4.69) is 27.0 Å². The maximum atomic E-state index is 11.8. The number of amides is 1. The summed E-state index contributed by atoms with van der Waals surface area (Å²) in [5, 5.41) is 5.36. The fourth-order valence-corrected chi connectivity index (χ4v) is 2.68. The number of carbonyl (C=O) groups excluding carboxylic acids is 1. The van der Waals surface area contributed by atoms with Crippen LogP contribution in [0, 0.1) is 0 Å². The molecule has 100 valence electrons. The van der Waals surface area contributed by atoms with Crippen molar-refractivity contribution in [2.45, 2.75) is 13.3 Å². The van der Waals surface area contributed by atoms with E-state index in [9.17, 15) is 4.79 Å². The second-order valence-electron chi connectivity index (χ2n) is 4.50. The van der Waals surface area contributed by atoms with Crippen molar-refractivity contribution in [3.63, 3.8) is 0 Å². The third-order valence-electron chi connectivity index (χ3n) is 3.05. The number of hydrogen-bond donors (Lipinski definition) is 1. The maximum Gasteiger partial charge on any atom is 0.240 e. The molecule has 0 unspecified atom stereocenters. The molecule has 1 aliphatic rings. The Kier molecular flexibility index (Phi) is 5.10. The van der Waals surface area contributed by atoms with E-state index in [4.69, 9.17) is 0 Å². The second kappa shape index (κ2) is 6.82. The predicted octanol–water partition coefficient (Wildman–Crippen LogP) is 1.11. The van der Waals surface area contributed by atoms with E-state index in [1.807, 2.05) is 5.38 Å². The third kappa shape index (κ3) is 4.04. The quantitative estimate of drug-likeness (QED) is 0.869. The molecule has 2 rings (SSSR count). The van der Waals surface area contributed by atoms with Crippen LogP contribution in [0.5, 0.6) is 0 Å². The zero-order valence-corrected chi connectivity index (χ0v) is 11.6. The fourth-order valence-electron chi connectivity index (χ4n) is 2.13. The fraction of sp³-hybridized carbons (Fsp3) is 0.667. The van der Waals surface area contributed by atoms with Gasteiger partial charge in [-0.05, 0) is 13.0 Å². The molecule has 2 heterocycles. The Bertz CT molecular complexity index is 360. The minimum absolute atomic E-state index is 0.0360. The zero-order valence-electron chi connectivity index (χ0n) is 10.8. The SMILES string of the molecule is CCCN1CCN(CC(=O)Nc2nccs2)CC1. The number of piperazine rings is 1. The van der Waals surface area contributed by atoms with Crippen LogP contribution in [0.4, 0.5) is 5.13 Å². The minimum Gasteiger partial charge on any atom is -0.301 e. The Hall–Kier alpha value is -0.980. The number of aromatic nitrogens is 1. The summed E-state index contributed by atoms with van der Waals surface area (Å²) in [5.41, 5.74) is 0. The van der Waals surface area contributed by atoms with Gasteiger partial charge >= 0.3 is 0 Å². The van der Waals surface area contributed by atoms with Gasteiger partial charge in [-0.2, -0.15) is 0 Å². The van der Waals surface area contributed by atoms with Crippen LogP contribution < -0.4 is 5.32 Å². The van der Waals surface area contributed by atoms with Gasteiger partial charge in [-0.15, -0.1) is 11.3 Å². The molecule has 0 saturated carbocycles. The normalized spacial score (nSPS) is 17.8. The monoisotopic (exact) mass is 268 g/mol. The Labute approximate surface area is 112 Å². The van der Waals surface area contributed by atoms with Crippen molar-refractivity contribution in [1.29, 1.82) is 0 Å². The van der Waals surface area contributed by atoms with Gasteiger partial charge in [-0.3, -0.25) is 9.69 Å². The molecule has 0 radical (unpaired) electrons. The van der Waals surface area contributed by atoms with Crippen LogP contribution in [0.2, 0.25) is 0 Å². The molecule has 5 nitrogen and oxygen atoms in total. The van der Waals surface area contributed by atoms with Crippen LogP contribution in [0.3, 0.4) is 0 Å². The molecule has 0 aromatic carbocycles. The average molecular weight is 268 g/mol. The Morgan fingerprint density at radius 3 is 2.72 bits per heavy atom. The zero-order chi connectivity index (χ0) is 12.8. The first kappa shape index (κ1) is 13.5. The van der Waals surface area contributed by atoms with Crippen LogP contribution in [0.1, 0.15) is 13.3 Å². The first-order chi connectivity index (χ1) is 8.78. The van der Waals surface area contributed by atoms with Gasteiger partial charge in [0.15, 0.2) is 5.13 Å². The van der Waals surface area contributed by atoms with Crippen molar-refractivity contribution in [1.82, 2.24) is 14.8 Å². The molecule has 1 saturated heterocycles. The summed E-state index contributed by atoms with van der Waals surface area (Å²) in [5.74, 6) is 0.0360. The topological polar surface area (TPSA) is 48.5 Å². The molecule has 1 aliphatic heterocycles. The van der Waals surface area contributed by atoms with E-state index >= 15 is 0 Å². The Morgan fingerprint density at radius 1 is 1.39 bits per heavy atom. The van der Waals surface area contributed by atoms with E-state index < -0.39 is 0 Å². The molecule has 1 fully saturated rings. The van der Waals surface area contributed by atoms with Gasteiger partial charge < -0.3 is 10.2 Å². The summed E-state index contributed by atoms with van der Waals surface area (Å²) >= 11 is 1.45. The van der Waals surface area contributed by atoms with Gasteiger partial charge in [-0.25, -0.2) is 4.98 Å². The number of thiazole rings is 1. The summed E-state index contributed by atoms with van der Waals surface area (Å²) in [6.45, 7) is 7.93. The number of hydrogen-bond acceptors (Lipinski definition) is 5. The second-order valence-corrected chi connectivity index (χ2v) is 5.40. The van der Waals surface area contributed by atoms with E-state index in [1.165, 1.54) is 24.3 Å². The van der Waals surface area contributed by atoms with E-state index in [1.54, 1.807) is 6.20 Å². The summed E-state index contributed by atoms with van der Waals surface area (Å²) in [4.78, 5) is 20.5. The number of nitrogens with zero attached hydrogens (tertiary/aromatic N) is 3. The lowest BCUT2D eigenvalue weighted by molar-refractivity contribution is -0.117. The number of anilines is 1. The molecule has 18 heavy (non-hydrogen) atoms. The highest BCUT2D eigenvalue weighted by atomic mass is 32.1. The first-order valence-corrected chi connectivity index (χ1v) is 7.30. The molecule has 1 N–H and O–H groups in total. The van der Waals surface area contributed by atoms with Crippen molar-refractivity contribution < 1.29 is 4.79 Å². The molecule has 1 amide bonds. The number of nitrogens with one attached hydrogen (secondary N) is 1. The highest BCUT2D eigenvalue weighted by Crippen LogP contribution is 2.10. The van der Waals surface area contributed by atoms with Crippen LogP contribution in [0.25, 0.3) is 0 Å². The Balaban J connectivity index is 1.69. The van der Waals surface area contributed by atoms with Crippen LogP contribution in [-0.2, 0) is 4.79 Å². The summed E-state index contributed by atoms with van der Waals surface area (Å²) in [6.07, 6.45) is 2.90. The van der Waals surface area contributed by atoms with Gasteiger partial charge in [0, 0.05) is 37.8 Å². The molecular weight excluding hydrogens is 248 g/mol. The van der Waals surface area contributed by atoms with Gasteiger partial charge in [0.05, 0.1) is 6.54 Å². The van der Waals surface area contributed by atoms with Crippen molar-refractivity contribution in [3.8, 4) is 0 Å². The van der Waals surface area contributed by atoms with Gasteiger partial charge in [-0.1, -0.05) is 6.92 Å². The van der Waals surface area contributed by atoms with Gasteiger partial charge in [0.1, 0.15) is 0 Å². The molecule has 6 heteroatoms. The molecule has 0 bridgehead atoms. The lowest BCUT2D eigenvalue weighted by Gasteiger charge is -2.33. The Morgan fingerprint density at radius 2 is 2.11 bits per heavy atom. The minimum atomic E-state index is 0.0360. The highest BCUT2D eigenvalue weighted by molar-refractivity contribution is 7.13. The largest absolute Gasteiger partial charge is 0.301 e. The van der Waals surface area contributed by atoms with Gasteiger partial charge in [0.2, 0.25) is 5.91 Å². The predicted molar refractivity (Wildman–Crippen MR) is 73.9 cm³/mol. The smallest absolute Gasteiger partial charge is 0.240 e. The molecule has 1 aromatic rings. The third-order valence-corrected chi connectivity index (χ3v) is 3.74. The standard InChI is InChI=1S/C12H20N4OS/c1-2-4-15-5-7-16(8-6-15)10-11(17)14-12-13-3-9-18-12/h3,9H,2,4-8,10H2,1H3,(H,13,14,17). The van der Waals surface area contributed by atoms with E-state index in [0.717, 1.165) is 26.2 Å². The maximum absolute atomic E-state index is 11.8. The molecular formula is C12H20N4OS. The van der Waals surface area contributed by atoms with Crippen LogP contribution in [0.15, 0.2) is 11.6 Å². The number of carbonyl (C=O) groups is 1. The summed E-state index contributed by atoms with van der Waals surface area (Å²) < 4.78 is 0. The van der Waals surface area contributed by atoms with Crippen molar-refractivity contribution in [3.05, 3.63) is 11.6 Å². The molecule has 0 aliphatic carbocycles. The first-order valence-electron chi connectivity index (χ1n) is 6.42. The van der Waals surface area contributed by atoms with Crippen LogP contribution >= 0.6 is 11.3 Å². The van der Waals surface area contributed by atoms with Crippen molar-refractivity contribution in [2.75, 3.05) is 44.6 Å². The lowest BCUT2D eigenvalue weighted by Crippen LogP contribution is -2.48. The van der Waals surface area contributed by atoms with E-state index in [-0.39, 0.29) is 5.91 Å². The van der Waals surface area contributed by atoms with Crippen molar-refractivity contribution in [2.24, 2.45) is 0 Å². The lowest BCUT2D eigenvalue weighted by atomic mass is 10.3. The van der Waals surface area contributed by atoms with E-state index in [0.29, 0.717) is 11.7 Å². The van der Waals surface area contributed by atoms with Gasteiger partial charge in [0.25, 0.3) is 0 Å². The highest BCUT2D eigenvalue weighted by Gasteiger charge is 2.18. The molecule has 0 spiro atoms. The van der Waals surface area contributed by atoms with Crippen LogP contribution in [-0.4, -0.2) is 60.0 Å². The summed E-state index contributed by atoms with van der Waals surface area (Å²) in [6, 6.07) is 0.